The molecule has 5 heteroatoms. The summed E-state index contributed by atoms with van der Waals surface area (Å²) in [5.74, 6) is -0.886. The molecule has 15 heavy (non-hydrogen) atoms. The van der Waals surface area contributed by atoms with Gasteiger partial charge in [-0.1, -0.05) is 20.8 Å². The zero-order valence-electron chi connectivity index (χ0n) is 9.67. The number of amides is 2. The first-order chi connectivity index (χ1) is 6.78. The molecule has 0 aromatic carbocycles. The number of nitrogens with two attached hydrogens (primary N) is 2. The van der Waals surface area contributed by atoms with Gasteiger partial charge in [-0.05, 0) is 11.8 Å². The molecule has 0 saturated carbocycles. The van der Waals surface area contributed by atoms with Crippen molar-refractivity contribution in [3.63, 3.8) is 0 Å². The standard InChI is InChI=1S/C10H21N3O2/c1-4-10(2,3)6-13-9(15)7(11)5-8(12)14/h7H,4-6,11H2,1-3H3,(H2,12,14)(H,13,15). The number of carbonyl (C=O) groups is 2. The molecule has 0 aromatic rings. The number of nitrogens with one attached hydrogen (secondary N) is 1. The second kappa shape index (κ2) is 5.70. The van der Waals surface area contributed by atoms with E-state index in [2.05, 4.69) is 12.2 Å². The van der Waals surface area contributed by atoms with Crippen molar-refractivity contribution in [1.29, 1.82) is 0 Å². The van der Waals surface area contributed by atoms with Crippen LogP contribution in [0.15, 0.2) is 0 Å². The molecule has 0 aromatic heterocycles. The third-order valence-electron chi connectivity index (χ3n) is 2.46. The van der Waals surface area contributed by atoms with Gasteiger partial charge in [0.25, 0.3) is 0 Å². The quantitative estimate of drug-likeness (QED) is 0.569. The lowest BCUT2D eigenvalue weighted by atomic mass is 9.90. The van der Waals surface area contributed by atoms with Crippen LogP contribution in [0.4, 0.5) is 0 Å². The van der Waals surface area contributed by atoms with E-state index in [1.165, 1.54) is 0 Å². The van der Waals surface area contributed by atoms with Crippen LogP contribution in [0.5, 0.6) is 0 Å². The van der Waals surface area contributed by atoms with Crippen molar-refractivity contribution in [3.05, 3.63) is 0 Å². The first-order valence-electron chi connectivity index (χ1n) is 5.10. The van der Waals surface area contributed by atoms with Gasteiger partial charge in [0.15, 0.2) is 0 Å². The van der Waals surface area contributed by atoms with Crippen LogP contribution in [-0.4, -0.2) is 24.4 Å². The second-order valence-corrected chi connectivity index (χ2v) is 4.51. The van der Waals surface area contributed by atoms with E-state index in [4.69, 9.17) is 11.5 Å². The summed E-state index contributed by atoms with van der Waals surface area (Å²) in [5, 5.41) is 2.71. The molecule has 0 rings (SSSR count). The molecular weight excluding hydrogens is 194 g/mol. The summed E-state index contributed by atoms with van der Waals surface area (Å²) in [7, 11) is 0. The molecule has 5 N–H and O–H groups in total. The Morgan fingerprint density at radius 3 is 2.33 bits per heavy atom. The number of carbonyl (C=O) groups excluding carboxylic acids is 2. The summed E-state index contributed by atoms with van der Waals surface area (Å²) >= 11 is 0. The Morgan fingerprint density at radius 1 is 1.40 bits per heavy atom. The number of primary amides is 1. The van der Waals surface area contributed by atoms with Crippen molar-refractivity contribution in [3.8, 4) is 0 Å². The fraction of sp³-hybridized carbons (Fsp3) is 0.800. The van der Waals surface area contributed by atoms with Crippen LogP contribution in [0.2, 0.25) is 0 Å². The van der Waals surface area contributed by atoms with Crippen LogP contribution >= 0.6 is 0 Å². The van der Waals surface area contributed by atoms with Crippen molar-refractivity contribution in [2.45, 2.75) is 39.7 Å². The van der Waals surface area contributed by atoms with Crippen LogP contribution in [0.3, 0.4) is 0 Å². The largest absolute Gasteiger partial charge is 0.370 e. The Hall–Kier alpha value is -1.10. The van der Waals surface area contributed by atoms with Gasteiger partial charge in [-0.25, -0.2) is 0 Å². The minimum absolute atomic E-state index is 0.0438. The highest BCUT2D eigenvalue weighted by atomic mass is 16.2. The van der Waals surface area contributed by atoms with Crippen LogP contribution in [-0.2, 0) is 9.59 Å². The molecule has 0 heterocycles. The van der Waals surface area contributed by atoms with E-state index in [0.29, 0.717) is 6.54 Å². The lowest BCUT2D eigenvalue weighted by Gasteiger charge is -2.23. The fourth-order valence-electron chi connectivity index (χ4n) is 0.892. The summed E-state index contributed by atoms with van der Waals surface area (Å²) < 4.78 is 0. The minimum Gasteiger partial charge on any atom is -0.370 e. The summed E-state index contributed by atoms with van der Waals surface area (Å²) in [6.45, 7) is 6.70. The van der Waals surface area contributed by atoms with E-state index in [1.54, 1.807) is 0 Å². The van der Waals surface area contributed by atoms with E-state index in [-0.39, 0.29) is 17.7 Å². The first kappa shape index (κ1) is 13.9. The molecule has 0 aliphatic rings. The van der Waals surface area contributed by atoms with Crippen LogP contribution in [0, 0.1) is 5.41 Å². The Morgan fingerprint density at radius 2 is 1.93 bits per heavy atom. The predicted octanol–water partition coefficient (Wildman–Crippen LogP) is -0.258. The molecule has 0 radical (unpaired) electrons. The Bertz CT molecular complexity index is 239. The van der Waals surface area contributed by atoms with Gasteiger partial charge in [0, 0.05) is 6.54 Å². The Labute approximate surface area is 90.6 Å². The molecule has 0 fully saturated rings. The second-order valence-electron chi connectivity index (χ2n) is 4.51. The molecule has 0 bridgehead atoms. The molecule has 0 saturated heterocycles. The SMILES string of the molecule is CCC(C)(C)CNC(=O)C(N)CC(N)=O. The Balaban J connectivity index is 3.98. The average molecular weight is 215 g/mol. The lowest BCUT2D eigenvalue weighted by molar-refractivity contribution is -0.126. The smallest absolute Gasteiger partial charge is 0.237 e. The van der Waals surface area contributed by atoms with E-state index in [1.807, 2.05) is 13.8 Å². The molecule has 2 amide bonds. The number of hydrogen-bond acceptors (Lipinski definition) is 3. The van der Waals surface area contributed by atoms with Crippen molar-refractivity contribution in [2.75, 3.05) is 6.54 Å². The van der Waals surface area contributed by atoms with Crippen LogP contribution in [0.25, 0.3) is 0 Å². The van der Waals surface area contributed by atoms with Gasteiger partial charge in [-0.15, -0.1) is 0 Å². The van der Waals surface area contributed by atoms with E-state index >= 15 is 0 Å². The fourth-order valence-corrected chi connectivity index (χ4v) is 0.892. The van der Waals surface area contributed by atoms with Crippen LogP contribution < -0.4 is 16.8 Å². The number of hydrogen-bond donors (Lipinski definition) is 3. The third-order valence-corrected chi connectivity index (χ3v) is 2.46. The predicted molar refractivity (Wildman–Crippen MR) is 58.9 cm³/mol. The molecular formula is C10H21N3O2. The highest BCUT2D eigenvalue weighted by Crippen LogP contribution is 2.17. The highest BCUT2D eigenvalue weighted by Gasteiger charge is 2.20. The molecule has 5 nitrogen and oxygen atoms in total. The summed E-state index contributed by atoms with van der Waals surface area (Å²) in [4.78, 5) is 21.9. The molecule has 88 valence electrons. The van der Waals surface area contributed by atoms with Gasteiger partial charge in [0.2, 0.25) is 11.8 Å². The molecule has 1 atom stereocenters. The Kier molecular flexibility index (Phi) is 5.28. The first-order valence-corrected chi connectivity index (χ1v) is 5.10. The van der Waals surface area contributed by atoms with Crippen molar-refractivity contribution >= 4 is 11.8 Å². The molecule has 0 aliphatic heterocycles. The highest BCUT2D eigenvalue weighted by molar-refractivity contribution is 5.87. The normalized spacial score (nSPS) is 13.3. The minimum atomic E-state index is -0.838. The zero-order chi connectivity index (χ0) is 12.1. The summed E-state index contributed by atoms with van der Waals surface area (Å²) in [6.07, 6.45) is 0.844. The maximum Gasteiger partial charge on any atom is 0.237 e. The lowest BCUT2D eigenvalue weighted by Crippen LogP contribution is -2.45. The van der Waals surface area contributed by atoms with Crippen molar-refractivity contribution < 1.29 is 9.59 Å². The maximum absolute atomic E-state index is 11.4. The van der Waals surface area contributed by atoms with Crippen LogP contribution in [0.1, 0.15) is 33.6 Å². The average Bonchev–Trinajstić information content (AvgIpc) is 2.13. The van der Waals surface area contributed by atoms with E-state index in [0.717, 1.165) is 6.42 Å². The number of rotatable bonds is 6. The van der Waals surface area contributed by atoms with Gasteiger partial charge < -0.3 is 16.8 Å². The maximum atomic E-state index is 11.4. The third kappa shape index (κ3) is 6.06. The monoisotopic (exact) mass is 215 g/mol. The van der Waals surface area contributed by atoms with E-state index in [9.17, 15) is 9.59 Å². The summed E-state index contributed by atoms with van der Waals surface area (Å²) in [6, 6.07) is -0.838. The molecule has 0 spiro atoms. The van der Waals surface area contributed by atoms with E-state index < -0.39 is 11.9 Å². The van der Waals surface area contributed by atoms with Gasteiger partial charge in [0.05, 0.1) is 12.5 Å². The van der Waals surface area contributed by atoms with Gasteiger partial charge in [0.1, 0.15) is 0 Å². The van der Waals surface area contributed by atoms with Gasteiger partial charge in [-0.3, -0.25) is 9.59 Å². The molecule has 0 aliphatic carbocycles. The van der Waals surface area contributed by atoms with Crippen molar-refractivity contribution in [2.24, 2.45) is 16.9 Å². The topological polar surface area (TPSA) is 98.2 Å². The van der Waals surface area contributed by atoms with Crippen molar-refractivity contribution in [1.82, 2.24) is 5.32 Å². The zero-order valence-corrected chi connectivity index (χ0v) is 9.67. The summed E-state index contributed by atoms with van der Waals surface area (Å²) in [5.41, 5.74) is 10.5. The van der Waals surface area contributed by atoms with Gasteiger partial charge in [-0.2, -0.15) is 0 Å². The van der Waals surface area contributed by atoms with Gasteiger partial charge >= 0.3 is 0 Å². The molecule has 1 unspecified atom stereocenters.